The van der Waals surface area contributed by atoms with Crippen molar-refractivity contribution in [2.45, 2.75) is 33.4 Å². The molecule has 3 rings (SSSR count). The maximum absolute atomic E-state index is 10.8. The van der Waals surface area contributed by atoms with Gasteiger partial charge < -0.3 is 10.4 Å². The molecule has 0 saturated carbocycles. The van der Waals surface area contributed by atoms with Gasteiger partial charge in [-0.15, -0.1) is 0 Å². The van der Waals surface area contributed by atoms with Crippen molar-refractivity contribution in [3.8, 4) is 0 Å². The van der Waals surface area contributed by atoms with Crippen LogP contribution in [0.15, 0.2) is 36.7 Å². The van der Waals surface area contributed by atoms with Gasteiger partial charge in [0.15, 0.2) is 5.69 Å². The first kappa shape index (κ1) is 18.3. The Hall–Kier alpha value is -2.47. The molecule has 26 heavy (non-hydrogen) atoms. The Labute approximate surface area is 154 Å². The van der Waals surface area contributed by atoms with Gasteiger partial charge >= 0.3 is 5.97 Å². The second-order valence-corrected chi connectivity index (χ2v) is 7.40. The average Bonchev–Trinajstić information content (AvgIpc) is 2.60. The predicted octanol–water partition coefficient (Wildman–Crippen LogP) is 3.26. The van der Waals surface area contributed by atoms with Gasteiger partial charge in [0.2, 0.25) is 0 Å². The molecule has 2 unspecified atom stereocenters. The van der Waals surface area contributed by atoms with E-state index in [-0.39, 0.29) is 5.69 Å². The standard InChI is InChI=1S/C20H26N4O2/c1-14-7-15(2)12-24(11-14)13-17-5-3-16(4-6-17)8-22-19-10-21-18(9-23-19)20(25)26/h3-6,9-10,14-15H,7-8,11-13H2,1-2H3,(H,22,23)(H,25,26). The molecule has 0 amide bonds. The van der Waals surface area contributed by atoms with E-state index in [1.807, 2.05) is 0 Å². The molecule has 6 heteroatoms. The van der Waals surface area contributed by atoms with E-state index in [2.05, 4.69) is 58.3 Å². The van der Waals surface area contributed by atoms with Gasteiger partial charge in [-0.2, -0.15) is 0 Å². The molecular formula is C20H26N4O2. The molecular weight excluding hydrogens is 328 g/mol. The van der Waals surface area contributed by atoms with Crippen LogP contribution in [0.25, 0.3) is 0 Å². The van der Waals surface area contributed by atoms with Crippen molar-refractivity contribution < 1.29 is 9.90 Å². The normalized spacial score (nSPS) is 20.7. The highest BCUT2D eigenvalue weighted by atomic mass is 16.4. The summed E-state index contributed by atoms with van der Waals surface area (Å²) in [4.78, 5) is 21.2. The largest absolute Gasteiger partial charge is 0.476 e. The van der Waals surface area contributed by atoms with Crippen LogP contribution in [0.2, 0.25) is 0 Å². The summed E-state index contributed by atoms with van der Waals surface area (Å²) in [6, 6.07) is 8.61. The van der Waals surface area contributed by atoms with Crippen LogP contribution in [-0.2, 0) is 13.1 Å². The van der Waals surface area contributed by atoms with Crippen LogP contribution >= 0.6 is 0 Å². The molecule has 6 nitrogen and oxygen atoms in total. The molecule has 0 bridgehead atoms. The van der Waals surface area contributed by atoms with Crippen molar-refractivity contribution >= 4 is 11.8 Å². The Morgan fingerprint density at radius 3 is 2.35 bits per heavy atom. The SMILES string of the molecule is CC1CC(C)CN(Cc2ccc(CNc3cnc(C(=O)O)cn3)cc2)C1. The maximum atomic E-state index is 10.8. The number of anilines is 1. The van der Waals surface area contributed by atoms with Gasteiger partial charge in [0, 0.05) is 26.2 Å². The minimum absolute atomic E-state index is 0.0544. The lowest BCUT2D eigenvalue weighted by molar-refractivity contribution is 0.0690. The van der Waals surface area contributed by atoms with Crippen LogP contribution in [0.1, 0.15) is 41.9 Å². The number of hydrogen-bond acceptors (Lipinski definition) is 5. The Morgan fingerprint density at radius 1 is 1.12 bits per heavy atom. The molecule has 1 aromatic carbocycles. The van der Waals surface area contributed by atoms with Gasteiger partial charge in [-0.3, -0.25) is 4.90 Å². The number of carboxylic acids is 1. The summed E-state index contributed by atoms with van der Waals surface area (Å²) in [5, 5.41) is 12.0. The Balaban J connectivity index is 1.52. The third-order valence-electron chi connectivity index (χ3n) is 4.72. The van der Waals surface area contributed by atoms with Gasteiger partial charge in [0.05, 0.1) is 12.4 Å². The first-order valence-corrected chi connectivity index (χ1v) is 9.09. The molecule has 2 N–H and O–H groups in total. The molecule has 1 saturated heterocycles. The molecule has 1 aliphatic heterocycles. The summed E-state index contributed by atoms with van der Waals surface area (Å²) in [7, 11) is 0. The number of piperidine rings is 1. The van der Waals surface area contributed by atoms with Crippen molar-refractivity contribution in [2.24, 2.45) is 11.8 Å². The Kier molecular flexibility index (Phi) is 5.83. The van der Waals surface area contributed by atoms with Crippen LogP contribution < -0.4 is 5.32 Å². The summed E-state index contributed by atoms with van der Waals surface area (Å²) in [6.45, 7) is 8.66. The monoisotopic (exact) mass is 354 g/mol. The second kappa shape index (κ2) is 8.27. The fraction of sp³-hybridized carbons (Fsp3) is 0.450. The molecule has 2 heterocycles. The van der Waals surface area contributed by atoms with Crippen molar-refractivity contribution in [3.05, 3.63) is 53.5 Å². The van der Waals surface area contributed by atoms with Gasteiger partial charge in [-0.1, -0.05) is 38.1 Å². The fourth-order valence-corrected chi connectivity index (χ4v) is 3.66. The number of carboxylic acid groups (broad SMARTS) is 1. The van der Waals surface area contributed by atoms with Crippen LogP contribution in [0.3, 0.4) is 0 Å². The molecule has 0 aliphatic carbocycles. The van der Waals surface area contributed by atoms with E-state index in [4.69, 9.17) is 5.11 Å². The van der Waals surface area contributed by atoms with Gasteiger partial charge in [0.1, 0.15) is 5.82 Å². The summed E-state index contributed by atoms with van der Waals surface area (Å²) in [6.07, 6.45) is 4.03. The quantitative estimate of drug-likeness (QED) is 0.829. The molecule has 1 aromatic heterocycles. The average molecular weight is 354 g/mol. The van der Waals surface area contributed by atoms with Crippen LogP contribution in [0.4, 0.5) is 5.82 Å². The number of likely N-dealkylation sites (tertiary alicyclic amines) is 1. The third-order valence-corrected chi connectivity index (χ3v) is 4.72. The lowest BCUT2D eigenvalue weighted by Gasteiger charge is -2.35. The van der Waals surface area contributed by atoms with Gasteiger partial charge in [-0.25, -0.2) is 14.8 Å². The first-order chi connectivity index (χ1) is 12.5. The Bertz CT molecular complexity index is 720. The van der Waals surface area contributed by atoms with E-state index in [0.717, 1.165) is 23.9 Å². The zero-order valence-corrected chi connectivity index (χ0v) is 15.4. The summed E-state index contributed by atoms with van der Waals surface area (Å²) in [5.41, 5.74) is 2.43. The fourth-order valence-electron chi connectivity index (χ4n) is 3.66. The topological polar surface area (TPSA) is 78.4 Å². The van der Waals surface area contributed by atoms with Crippen molar-refractivity contribution in [1.82, 2.24) is 14.9 Å². The number of nitrogens with one attached hydrogen (secondary N) is 1. The predicted molar refractivity (Wildman–Crippen MR) is 101 cm³/mol. The number of rotatable bonds is 6. The van der Waals surface area contributed by atoms with E-state index >= 15 is 0 Å². The lowest BCUT2D eigenvalue weighted by Crippen LogP contribution is -2.38. The molecule has 2 atom stereocenters. The second-order valence-electron chi connectivity index (χ2n) is 7.40. The van der Waals surface area contributed by atoms with Crippen molar-refractivity contribution in [3.63, 3.8) is 0 Å². The number of benzene rings is 1. The highest BCUT2D eigenvalue weighted by Gasteiger charge is 2.21. The van der Waals surface area contributed by atoms with E-state index < -0.39 is 5.97 Å². The van der Waals surface area contributed by atoms with Crippen LogP contribution in [0.5, 0.6) is 0 Å². The number of aromatic nitrogens is 2. The molecule has 1 fully saturated rings. The minimum Gasteiger partial charge on any atom is -0.476 e. The molecule has 2 aromatic rings. The number of hydrogen-bond donors (Lipinski definition) is 2. The van der Waals surface area contributed by atoms with E-state index in [0.29, 0.717) is 12.4 Å². The first-order valence-electron chi connectivity index (χ1n) is 9.09. The number of aromatic carboxylic acids is 1. The summed E-state index contributed by atoms with van der Waals surface area (Å²) < 4.78 is 0. The zero-order chi connectivity index (χ0) is 18.5. The van der Waals surface area contributed by atoms with E-state index in [1.165, 1.54) is 37.5 Å². The number of nitrogens with zero attached hydrogens (tertiary/aromatic N) is 3. The van der Waals surface area contributed by atoms with E-state index in [9.17, 15) is 4.79 Å². The molecule has 0 spiro atoms. The van der Waals surface area contributed by atoms with Crippen LogP contribution in [0, 0.1) is 11.8 Å². The number of carbonyl (C=O) groups is 1. The maximum Gasteiger partial charge on any atom is 0.356 e. The van der Waals surface area contributed by atoms with Crippen LogP contribution in [-0.4, -0.2) is 39.0 Å². The molecule has 138 valence electrons. The highest BCUT2D eigenvalue weighted by molar-refractivity contribution is 5.84. The zero-order valence-electron chi connectivity index (χ0n) is 15.4. The highest BCUT2D eigenvalue weighted by Crippen LogP contribution is 2.22. The molecule has 1 aliphatic rings. The van der Waals surface area contributed by atoms with Crippen molar-refractivity contribution in [1.29, 1.82) is 0 Å². The third kappa shape index (κ3) is 5.02. The van der Waals surface area contributed by atoms with Gasteiger partial charge in [-0.05, 0) is 29.4 Å². The smallest absolute Gasteiger partial charge is 0.356 e. The van der Waals surface area contributed by atoms with Crippen molar-refractivity contribution in [2.75, 3.05) is 18.4 Å². The Morgan fingerprint density at radius 2 is 1.77 bits per heavy atom. The molecule has 0 radical (unpaired) electrons. The summed E-state index contributed by atoms with van der Waals surface area (Å²) in [5.74, 6) is 1.04. The minimum atomic E-state index is -1.07. The van der Waals surface area contributed by atoms with Gasteiger partial charge in [0.25, 0.3) is 0 Å². The summed E-state index contributed by atoms with van der Waals surface area (Å²) >= 11 is 0. The van der Waals surface area contributed by atoms with E-state index in [1.54, 1.807) is 0 Å². The lowest BCUT2D eigenvalue weighted by atomic mass is 9.91.